The number of hydrogen-bond acceptors (Lipinski definition) is 4. The van der Waals surface area contributed by atoms with Crippen LogP contribution in [0.25, 0.3) is 0 Å². The minimum atomic E-state index is 0.474. The fraction of sp³-hybridized carbons (Fsp3) is 0.850. The zero-order chi connectivity index (χ0) is 31.8. The van der Waals surface area contributed by atoms with Crippen LogP contribution in [0.4, 0.5) is 0 Å². The predicted molar refractivity (Wildman–Crippen MR) is 192 cm³/mol. The molecule has 0 bridgehead atoms. The molecular weight excluding hydrogens is 542 g/mol. The van der Waals surface area contributed by atoms with Gasteiger partial charge in [-0.15, -0.1) is 0 Å². The van der Waals surface area contributed by atoms with Crippen LogP contribution >= 0.6 is 0 Å². The van der Waals surface area contributed by atoms with Crippen molar-refractivity contribution in [1.29, 1.82) is 0 Å². The Kier molecular flexibility index (Phi) is 29.1. The normalized spacial score (nSPS) is 11.3. The summed E-state index contributed by atoms with van der Waals surface area (Å²) in [5, 5.41) is 0. The van der Waals surface area contributed by atoms with Gasteiger partial charge in [-0.1, -0.05) is 175 Å². The van der Waals surface area contributed by atoms with Crippen molar-refractivity contribution in [3.05, 3.63) is 17.7 Å². The molecule has 0 unspecified atom stereocenters. The van der Waals surface area contributed by atoms with Crippen LogP contribution in [0, 0.1) is 0 Å². The summed E-state index contributed by atoms with van der Waals surface area (Å²) in [7, 11) is 0. The zero-order valence-corrected chi connectivity index (χ0v) is 29.9. The smallest absolute Gasteiger partial charge is 0.203 e. The molecule has 0 saturated heterocycles. The van der Waals surface area contributed by atoms with E-state index in [1.54, 1.807) is 0 Å². The molecule has 0 aliphatic rings. The van der Waals surface area contributed by atoms with Gasteiger partial charge in [0.25, 0.3) is 0 Å². The third-order valence-electron chi connectivity index (χ3n) is 8.82. The van der Waals surface area contributed by atoms with Crippen LogP contribution in [0.15, 0.2) is 12.1 Å². The molecular formula is C40H75NO3. The van der Waals surface area contributed by atoms with E-state index in [0.29, 0.717) is 13.2 Å². The Balaban J connectivity index is 2.57. The lowest BCUT2D eigenvalue weighted by Gasteiger charge is -2.19. The first-order valence-corrected chi connectivity index (χ1v) is 19.5. The Morgan fingerprint density at radius 2 is 0.659 bits per heavy atom. The quantitative estimate of drug-likeness (QED) is 0.0782. The van der Waals surface area contributed by atoms with Crippen LogP contribution in [-0.4, -0.2) is 19.8 Å². The number of hydrogen-bond donors (Lipinski definition) is 1. The number of rotatable bonds is 34. The van der Waals surface area contributed by atoms with E-state index in [4.69, 9.17) is 19.9 Å². The lowest BCUT2D eigenvalue weighted by molar-refractivity contribution is 0.234. The highest BCUT2D eigenvalue weighted by atomic mass is 16.5. The summed E-state index contributed by atoms with van der Waals surface area (Å²) >= 11 is 0. The van der Waals surface area contributed by atoms with Crippen molar-refractivity contribution in [2.75, 3.05) is 19.8 Å². The fourth-order valence-electron chi connectivity index (χ4n) is 5.88. The topological polar surface area (TPSA) is 53.7 Å². The molecule has 0 aliphatic carbocycles. The van der Waals surface area contributed by atoms with Crippen LogP contribution in [0.3, 0.4) is 0 Å². The average Bonchev–Trinajstić information content (AvgIpc) is 3.04. The molecule has 0 radical (unpaired) electrons. The average molecular weight is 618 g/mol. The Labute approximate surface area is 275 Å². The summed E-state index contributed by atoms with van der Waals surface area (Å²) in [6.07, 6.45) is 35.4. The fourth-order valence-corrected chi connectivity index (χ4v) is 5.88. The Morgan fingerprint density at radius 3 is 0.955 bits per heavy atom. The van der Waals surface area contributed by atoms with Gasteiger partial charge in [0, 0.05) is 6.54 Å². The number of benzene rings is 1. The van der Waals surface area contributed by atoms with E-state index in [1.165, 1.54) is 154 Å². The highest BCUT2D eigenvalue weighted by Gasteiger charge is 2.16. The molecule has 0 amide bonds. The predicted octanol–water partition coefficient (Wildman–Crippen LogP) is 12.9. The Morgan fingerprint density at radius 1 is 0.386 bits per heavy atom. The van der Waals surface area contributed by atoms with Gasteiger partial charge in [-0.25, -0.2) is 0 Å². The van der Waals surface area contributed by atoms with Gasteiger partial charge in [-0.3, -0.25) is 0 Å². The van der Waals surface area contributed by atoms with E-state index in [9.17, 15) is 0 Å². The summed E-state index contributed by atoms with van der Waals surface area (Å²) in [6, 6.07) is 4.15. The van der Waals surface area contributed by atoms with E-state index in [-0.39, 0.29) is 0 Å². The van der Waals surface area contributed by atoms with Gasteiger partial charge in [-0.05, 0) is 37.0 Å². The van der Waals surface area contributed by atoms with E-state index in [0.717, 1.165) is 55.3 Å². The molecule has 4 heteroatoms. The molecule has 0 aliphatic heterocycles. The zero-order valence-electron chi connectivity index (χ0n) is 29.9. The maximum absolute atomic E-state index is 6.42. The molecule has 0 aromatic heterocycles. The second-order valence-electron chi connectivity index (χ2n) is 13.2. The van der Waals surface area contributed by atoms with E-state index >= 15 is 0 Å². The van der Waals surface area contributed by atoms with Crippen molar-refractivity contribution in [1.82, 2.24) is 0 Å². The minimum Gasteiger partial charge on any atom is -0.490 e. The van der Waals surface area contributed by atoms with Gasteiger partial charge in [-0.2, -0.15) is 0 Å². The summed E-state index contributed by atoms with van der Waals surface area (Å²) in [6.45, 7) is 9.47. The maximum atomic E-state index is 6.42. The molecule has 0 saturated carbocycles. The number of unbranched alkanes of at least 4 members (excludes halogenated alkanes) is 24. The SMILES string of the molecule is CCCCCCCCCCCOc1cc(CN)cc(OCCCCCCCCCCC)c1OCCCCCCCCCCC. The molecule has 1 aromatic carbocycles. The van der Waals surface area contributed by atoms with Crippen LogP contribution in [-0.2, 0) is 6.54 Å². The molecule has 0 spiro atoms. The highest BCUT2D eigenvalue weighted by Crippen LogP contribution is 2.39. The van der Waals surface area contributed by atoms with Crippen molar-refractivity contribution >= 4 is 0 Å². The highest BCUT2D eigenvalue weighted by molar-refractivity contribution is 5.54. The van der Waals surface area contributed by atoms with Gasteiger partial charge < -0.3 is 19.9 Å². The molecule has 0 atom stereocenters. The molecule has 0 heterocycles. The van der Waals surface area contributed by atoms with Crippen LogP contribution in [0.1, 0.15) is 200 Å². The molecule has 1 rings (SSSR count). The Hall–Kier alpha value is -1.42. The molecule has 2 N–H and O–H groups in total. The van der Waals surface area contributed by atoms with E-state index < -0.39 is 0 Å². The first-order valence-electron chi connectivity index (χ1n) is 19.5. The Bertz CT molecular complexity index is 692. The minimum absolute atomic E-state index is 0.474. The third kappa shape index (κ3) is 23.0. The van der Waals surface area contributed by atoms with Crippen molar-refractivity contribution in [2.45, 2.75) is 201 Å². The standard InChI is InChI=1S/C40H75NO3/c1-4-7-10-13-16-19-22-25-28-31-42-38-34-37(36-41)35-39(43-32-29-26-23-20-17-14-11-8-5-2)40(38)44-33-30-27-24-21-18-15-12-9-6-3/h34-35H,4-33,36,41H2,1-3H3. The number of nitrogens with two attached hydrogens (primary N) is 1. The molecule has 44 heavy (non-hydrogen) atoms. The van der Waals surface area contributed by atoms with E-state index in [1.807, 2.05) is 0 Å². The summed E-state index contributed by atoms with van der Waals surface area (Å²) in [5.41, 5.74) is 7.14. The first-order chi connectivity index (χ1) is 21.8. The largest absolute Gasteiger partial charge is 0.490 e. The molecule has 1 aromatic rings. The van der Waals surface area contributed by atoms with E-state index in [2.05, 4.69) is 32.9 Å². The van der Waals surface area contributed by atoms with Crippen molar-refractivity contribution in [3.63, 3.8) is 0 Å². The van der Waals surface area contributed by atoms with Crippen LogP contribution < -0.4 is 19.9 Å². The lowest BCUT2D eigenvalue weighted by atomic mass is 10.1. The van der Waals surface area contributed by atoms with Crippen molar-refractivity contribution in [2.24, 2.45) is 5.73 Å². The van der Waals surface area contributed by atoms with Crippen LogP contribution in [0.2, 0.25) is 0 Å². The second kappa shape index (κ2) is 31.6. The van der Waals surface area contributed by atoms with Crippen LogP contribution in [0.5, 0.6) is 17.2 Å². The first kappa shape index (κ1) is 40.6. The van der Waals surface area contributed by atoms with Crippen molar-refractivity contribution < 1.29 is 14.2 Å². The molecule has 4 nitrogen and oxygen atoms in total. The number of ether oxygens (including phenoxy) is 3. The summed E-state index contributed by atoms with van der Waals surface area (Å²) < 4.78 is 19.1. The maximum Gasteiger partial charge on any atom is 0.203 e. The second-order valence-corrected chi connectivity index (χ2v) is 13.2. The van der Waals surface area contributed by atoms with Gasteiger partial charge in [0.15, 0.2) is 11.5 Å². The molecule has 258 valence electrons. The summed E-state index contributed by atoms with van der Waals surface area (Å²) in [5.74, 6) is 2.41. The third-order valence-corrected chi connectivity index (χ3v) is 8.82. The monoisotopic (exact) mass is 618 g/mol. The van der Waals surface area contributed by atoms with Gasteiger partial charge in [0.1, 0.15) is 0 Å². The van der Waals surface area contributed by atoms with Gasteiger partial charge in [0.05, 0.1) is 19.8 Å². The van der Waals surface area contributed by atoms with Gasteiger partial charge >= 0.3 is 0 Å². The summed E-state index contributed by atoms with van der Waals surface area (Å²) in [4.78, 5) is 0. The van der Waals surface area contributed by atoms with Crippen molar-refractivity contribution in [3.8, 4) is 17.2 Å². The van der Waals surface area contributed by atoms with Gasteiger partial charge in [0.2, 0.25) is 5.75 Å². The molecule has 0 fully saturated rings. The lowest BCUT2D eigenvalue weighted by Crippen LogP contribution is -2.08.